The Morgan fingerprint density at radius 3 is 2.71 bits per heavy atom. The van der Waals surface area contributed by atoms with Gasteiger partial charge in [0.1, 0.15) is 16.5 Å². The highest BCUT2D eigenvalue weighted by Crippen LogP contribution is 2.40. The molecule has 2 aliphatic rings. The van der Waals surface area contributed by atoms with Gasteiger partial charge in [-0.3, -0.25) is 0 Å². The summed E-state index contributed by atoms with van der Waals surface area (Å²) >= 11 is 1.87. The Balaban J connectivity index is 1.46. The number of thiophene rings is 1. The maximum absolute atomic E-state index is 4.91. The van der Waals surface area contributed by atoms with Gasteiger partial charge in [0.2, 0.25) is 0 Å². The number of nitrogens with one attached hydrogen (secondary N) is 1. The summed E-state index contributed by atoms with van der Waals surface area (Å²) in [4.78, 5) is 17.3. The van der Waals surface area contributed by atoms with E-state index < -0.39 is 0 Å². The van der Waals surface area contributed by atoms with Crippen LogP contribution in [0.1, 0.15) is 47.1 Å². The van der Waals surface area contributed by atoms with Crippen LogP contribution in [-0.2, 0) is 12.8 Å². The topological polar surface area (TPSA) is 44.3 Å². The molecule has 31 heavy (non-hydrogen) atoms. The van der Waals surface area contributed by atoms with Gasteiger partial charge in [-0.2, -0.15) is 0 Å². The van der Waals surface area contributed by atoms with E-state index in [0.29, 0.717) is 6.04 Å². The van der Waals surface area contributed by atoms with Gasteiger partial charge in [0, 0.05) is 17.5 Å². The van der Waals surface area contributed by atoms with E-state index >= 15 is 0 Å². The Hall–Kier alpha value is -2.02. The number of piperidine rings is 1. The van der Waals surface area contributed by atoms with E-state index in [4.69, 9.17) is 9.97 Å². The molecule has 1 atom stereocenters. The smallest absolute Gasteiger partial charge is 0.139 e. The Kier molecular flexibility index (Phi) is 5.95. The monoisotopic (exact) mass is 435 g/mol. The first-order valence-corrected chi connectivity index (χ1v) is 12.4. The third kappa shape index (κ3) is 4.34. The zero-order valence-electron chi connectivity index (χ0n) is 18.9. The summed E-state index contributed by atoms with van der Waals surface area (Å²) in [6, 6.07) is 11.7. The summed E-state index contributed by atoms with van der Waals surface area (Å²) in [5, 5.41) is 5.15. The summed E-state index contributed by atoms with van der Waals surface area (Å²) < 4.78 is 0. The summed E-state index contributed by atoms with van der Waals surface area (Å²) in [6.07, 6.45) is 6.08. The SMILES string of the molecule is Cc1nc(N[C@@H](CN(C)C2CCN(C)CC2)c2ccccc2)c2c3c(sc2n1)CCC3. The lowest BCUT2D eigenvalue weighted by Gasteiger charge is -2.37. The molecule has 5 nitrogen and oxygen atoms in total. The van der Waals surface area contributed by atoms with Crippen LogP contribution in [-0.4, -0.2) is 59.5 Å². The van der Waals surface area contributed by atoms with Crippen molar-refractivity contribution in [2.45, 2.75) is 51.1 Å². The molecule has 0 amide bonds. The molecule has 0 spiro atoms. The second-order valence-electron chi connectivity index (χ2n) is 9.24. The van der Waals surface area contributed by atoms with Crippen molar-refractivity contribution in [1.29, 1.82) is 0 Å². The molecule has 3 heterocycles. The van der Waals surface area contributed by atoms with Gasteiger partial charge in [0.25, 0.3) is 0 Å². The molecule has 2 aromatic heterocycles. The van der Waals surface area contributed by atoms with Crippen LogP contribution in [0.3, 0.4) is 0 Å². The summed E-state index contributed by atoms with van der Waals surface area (Å²) in [6.45, 7) is 5.35. The lowest BCUT2D eigenvalue weighted by atomic mass is 10.0. The quantitative estimate of drug-likeness (QED) is 0.610. The zero-order chi connectivity index (χ0) is 21.4. The second kappa shape index (κ2) is 8.85. The maximum atomic E-state index is 4.91. The molecule has 6 heteroatoms. The third-order valence-corrected chi connectivity index (χ3v) is 8.16. The van der Waals surface area contributed by atoms with E-state index in [1.807, 2.05) is 18.3 Å². The van der Waals surface area contributed by atoms with Crippen molar-refractivity contribution in [1.82, 2.24) is 19.8 Å². The number of hydrogen-bond donors (Lipinski definition) is 1. The standard InChI is InChI=1S/C25H33N5S/c1-17-26-24(23-20-10-7-11-22(20)31-25(23)27-17)28-21(18-8-5-4-6-9-18)16-30(3)19-12-14-29(2)15-13-19/h4-6,8-9,19,21H,7,10-16H2,1-3H3,(H,26,27,28)/t21-/m0/s1. The minimum atomic E-state index is 0.195. The Labute approximate surface area is 189 Å². The van der Waals surface area contributed by atoms with Gasteiger partial charge in [-0.05, 0) is 77.3 Å². The fraction of sp³-hybridized carbons (Fsp3) is 0.520. The number of hydrogen-bond acceptors (Lipinski definition) is 6. The fourth-order valence-electron chi connectivity index (χ4n) is 5.16. The predicted molar refractivity (Wildman–Crippen MR) is 130 cm³/mol. The van der Waals surface area contributed by atoms with Crippen molar-refractivity contribution in [3.05, 3.63) is 52.2 Å². The Morgan fingerprint density at radius 2 is 1.94 bits per heavy atom. The molecule has 3 aromatic rings. The molecule has 1 aliphatic heterocycles. The largest absolute Gasteiger partial charge is 0.361 e. The van der Waals surface area contributed by atoms with Gasteiger partial charge in [0.05, 0.1) is 11.4 Å². The average Bonchev–Trinajstić information content (AvgIpc) is 3.35. The number of aromatic nitrogens is 2. The molecule has 1 aliphatic carbocycles. The van der Waals surface area contributed by atoms with Crippen LogP contribution >= 0.6 is 11.3 Å². The summed E-state index contributed by atoms with van der Waals surface area (Å²) in [7, 11) is 4.52. The molecule has 1 aromatic carbocycles. The average molecular weight is 436 g/mol. The minimum Gasteiger partial charge on any atom is -0.361 e. The van der Waals surface area contributed by atoms with Gasteiger partial charge >= 0.3 is 0 Å². The van der Waals surface area contributed by atoms with Crippen molar-refractivity contribution in [2.24, 2.45) is 0 Å². The molecule has 164 valence electrons. The van der Waals surface area contributed by atoms with E-state index in [9.17, 15) is 0 Å². The van der Waals surface area contributed by atoms with Crippen LogP contribution in [0.5, 0.6) is 0 Å². The molecular formula is C25H33N5S. The van der Waals surface area contributed by atoms with Gasteiger partial charge < -0.3 is 15.1 Å². The highest BCUT2D eigenvalue weighted by Gasteiger charge is 2.26. The molecule has 0 saturated carbocycles. The number of benzene rings is 1. The molecule has 5 rings (SSSR count). The van der Waals surface area contributed by atoms with Crippen LogP contribution in [0, 0.1) is 6.92 Å². The number of aryl methyl sites for hydroxylation is 3. The van der Waals surface area contributed by atoms with Crippen LogP contribution in [0.15, 0.2) is 30.3 Å². The zero-order valence-corrected chi connectivity index (χ0v) is 19.7. The van der Waals surface area contributed by atoms with E-state index in [0.717, 1.165) is 29.4 Å². The molecule has 0 bridgehead atoms. The number of likely N-dealkylation sites (N-methyl/N-ethyl adjacent to an activating group) is 1. The fourth-order valence-corrected chi connectivity index (χ4v) is 6.47. The van der Waals surface area contributed by atoms with Crippen LogP contribution < -0.4 is 5.32 Å². The second-order valence-corrected chi connectivity index (χ2v) is 10.3. The number of fused-ring (bicyclic) bond motifs is 3. The van der Waals surface area contributed by atoms with E-state index in [1.165, 1.54) is 60.2 Å². The van der Waals surface area contributed by atoms with Crippen molar-refractivity contribution in [3.8, 4) is 0 Å². The summed E-state index contributed by atoms with van der Waals surface area (Å²) in [5.74, 6) is 1.87. The Morgan fingerprint density at radius 1 is 1.16 bits per heavy atom. The highest BCUT2D eigenvalue weighted by atomic mass is 32.1. The maximum Gasteiger partial charge on any atom is 0.139 e. The lowest BCUT2D eigenvalue weighted by molar-refractivity contribution is 0.140. The molecule has 0 radical (unpaired) electrons. The third-order valence-electron chi connectivity index (χ3n) is 6.97. The van der Waals surface area contributed by atoms with Gasteiger partial charge in [-0.1, -0.05) is 30.3 Å². The van der Waals surface area contributed by atoms with Crippen molar-refractivity contribution < 1.29 is 0 Å². The molecule has 0 unspecified atom stereocenters. The van der Waals surface area contributed by atoms with Gasteiger partial charge in [-0.15, -0.1) is 11.3 Å². The number of anilines is 1. The predicted octanol–water partition coefficient (Wildman–Crippen LogP) is 4.67. The number of rotatable bonds is 6. The number of nitrogens with zero attached hydrogens (tertiary/aromatic N) is 4. The van der Waals surface area contributed by atoms with Crippen molar-refractivity contribution in [3.63, 3.8) is 0 Å². The first-order chi connectivity index (χ1) is 15.1. The molecular weight excluding hydrogens is 402 g/mol. The van der Waals surface area contributed by atoms with Crippen molar-refractivity contribution in [2.75, 3.05) is 39.0 Å². The molecule has 1 saturated heterocycles. The van der Waals surface area contributed by atoms with Crippen LogP contribution in [0.4, 0.5) is 5.82 Å². The van der Waals surface area contributed by atoms with Crippen LogP contribution in [0.25, 0.3) is 10.2 Å². The highest BCUT2D eigenvalue weighted by molar-refractivity contribution is 7.19. The van der Waals surface area contributed by atoms with E-state index in [2.05, 4.69) is 59.5 Å². The summed E-state index contributed by atoms with van der Waals surface area (Å²) in [5.41, 5.74) is 2.80. The van der Waals surface area contributed by atoms with E-state index in [1.54, 1.807) is 0 Å². The van der Waals surface area contributed by atoms with Crippen molar-refractivity contribution >= 4 is 27.4 Å². The van der Waals surface area contributed by atoms with E-state index in [-0.39, 0.29) is 6.04 Å². The lowest BCUT2D eigenvalue weighted by Crippen LogP contribution is -2.44. The first kappa shape index (κ1) is 20.9. The molecule has 1 N–H and O–H groups in total. The first-order valence-electron chi connectivity index (χ1n) is 11.6. The normalized spacial score (nSPS) is 18.6. The van der Waals surface area contributed by atoms with Gasteiger partial charge in [-0.25, -0.2) is 9.97 Å². The van der Waals surface area contributed by atoms with Gasteiger partial charge in [0.15, 0.2) is 0 Å². The minimum absolute atomic E-state index is 0.195. The molecule has 1 fully saturated rings. The number of likely N-dealkylation sites (tertiary alicyclic amines) is 1. The van der Waals surface area contributed by atoms with Crippen LogP contribution in [0.2, 0.25) is 0 Å². The Bertz CT molecular complexity index is 1040.